The molecule has 1 aliphatic heterocycles. The van der Waals surface area contributed by atoms with Crippen molar-refractivity contribution in [3.05, 3.63) is 58.0 Å². The SMILES string of the molecule is CCOc1cc(/C=C2\SC(=O)N(c3cccc(Cl)c3)C2=O)ccc1OCC(=O)OC. The Morgan fingerprint density at radius 1 is 1.13 bits per heavy atom. The van der Waals surface area contributed by atoms with Gasteiger partial charge in [0, 0.05) is 5.02 Å². The fourth-order valence-corrected chi connectivity index (χ4v) is 3.68. The first-order chi connectivity index (χ1) is 14.4. The zero-order valence-corrected chi connectivity index (χ0v) is 17.8. The van der Waals surface area contributed by atoms with Crippen LogP contribution in [0.1, 0.15) is 12.5 Å². The van der Waals surface area contributed by atoms with Gasteiger partial charge in [0.25, 0.3) is 11.1 Å². The van der Waals surface area contributed by atoms with Gasteiger partial charge in [0.2, 0.25) is 0 Å². The molecule has 0 atom stereocenters. The number of nitrogens with zero attached hydrogens (tertiary/aromatic N) is 1. The molecule has 1 fully saturated rings. The minimum absolute atomic E-state index is 0.256. The Morgan fingerprint density at radius 2 is 1.93 bits per heavy atom. The number of carbonyl (C=O) groups is 3. The number of benzene rings is 2. The van der Waals surface area contributed by atoms with E-state index in [0.29, 0.717) is 34.4 Å². The summed E-state index contributed by atoms with van der Waals surface area (Å²) in [5, 5.41) is 0.0241. The number of rotatable bonds is 7. The summed E-state index contributed by atoms with van der Waals surface area (Å²) in [6.45, 7) is 1.94. The molecule has 2 amide bonds. The Bertz CT molecular complexity index is 1020. The van der Waals surface area contributed by atoms with Gasteiger partial charge in [-0.2, -0.15) is 0 Å². The first-order valence-electron chi connectivity index (χ1n) is 8.93. The highest BCUT2D eigenvalue weighted by Crippen LogP contribution is 2.37. The van der Waals surface area contributed by atoms with E-state index in [0.717, 1.165) is 16.7 Å². The van der Waals surface area contributed by atoms with E-state index >= 15 is 0 Å². The van der Waals surface area contributed by atoms with E-state index in [1.807, 2.05) is 6.92 Å². The molecule has 1 heterocycles. The molecule has 0 N–H and O–H groups in total. The average molecular weight is 448 g/mol. The summed E-state index contributed by atoms with van der Waals surface area (Å²) < 4.78 is 15.6. The van der Waals surface area contributed by atoms with Crippen LogP contribution in [0.15, 0.2) is 47.4 Å². The van der Waals surface area contributed by atoms with E-state index in [2.05, 4.69) is 4.74 Å². The van der Waals surface area contributed by atoms with Crippen LogP contribution in [0.3, 0.4) is 0 Å². The molecule has 0 radical (unpaired) electrons. The second-order valence-electron chi connectivity index (χ2n) is 6.00. The van der Waals surface area contributed by atoms with Gasteiger partial charge in [-0.05, 0) is 60.7 Å². The minimum atomic E-state index is -0.517. The van der Waals surface area contributed by atoms with Crippen LogP contribution in [0.2, 0.25) is 5.02 Å². The predicted octanol–water partition coefficient (Wildman–Crippen LogP) is 4.53. The number of anilines is 1. The molecule has 0 spiro atoms. The summed E-state index contributed by atoms with van der Waals surface area (Å²) in [6, 6.07) is 11.5. The highest BCUT2D eigenvalue weighted by Gasteiger charge is 2.36. The summed E-state index contributed by atoms with van der Waals surface area (Å²) in [5.74, 6) is -0.178. The van der Waals surface area contributed by atoms with Crippen molar-refractivity contribution in [3.63, 3.8) is 0 Å². The Hall–Kier alpha value is -2.97. The van der Waals surface area contributed by atoms with E-state index in [1.165, 1.54) is 7.11 Å². The first kappa shape index (κ1) is 21.7. The van der Waals surface area contributed by atoms with E-state index in [1.54, 1.807) is 48.5 Å². The van der Waals surface area contributed by atoms with E-state index in [9.17, 15) is 14.4 Å². The van der Waals surface area contributed by atoms with Crippen LogP contribution < -0.4 is 14.4 Å². The van der Waals surface area contributed by atoms with Crippen molar-refractivity contribution in [1.82, 2.24) is 0 Å². The number of halogens is 1. The zero-order chi connectivity index (χ0) is 21.7. The summed E-state index contributed by atoms with van der Waals surface area (Å²) in [6.07, 6.45) is 1.60. The Labute approximate surface area is 182 Å². The number of amides is 2. The van der Waals surface area contributed by atoms with Crippen molar-refractivity contribution in [3.8, 4) is 11.5 Å². The second kappa shape index (κ2) is 9.69. The lowest BCUT2D eigenvalue weighted by atomic mass is 10.1. The molecule has 2 aromatic carbocycles. The molecule has 9 heteroatoms. The molecule has 0 unspecified atom stereocenters. The number of imide groups is 1. The van der Waals surface area contributed by atoms with Crippen LogP contribution in [0.5, 0.6) is 11.5 Å². The number of ether oxygens (including phenoxy) is 3. The monoisotopic (exact) mass is 447 g/mol. The average Bonchev–Trinajstić information content (AvgIpc) is 3.00. The summed E-state index contributed by atoms with van der Waals surface area (Å²) in [7, 11) is 1.27. The van der Waals surface area contributed by atoms with Crippen LogP contribution in [-0.2, 0) is 14.3 Å². The van der Waals surface area contributed by atoms with Crippen LogP contribution in [-0.4, -0.2) is 37.4 Å². The fourth-order valence-electron chi connectivity index (χ4n) is 2.65. The van der Waals surface area contributed by atoms with Crippen molar-refractivity contribution in [1.29, 1.82) is 0 Å². The van der Waals surface area contributed by atoms with Crippen LogP contribution in [0.4, 0.5) is 10.5 Å². The van der Waals surface area contributed by atoms with Gasteiger partial charge >= 0.3 is 5.97 Å². The van der Waals surface area contributed by atoms with Crippen molar-refractivity contribution in [2.24, 2.45) is 0 Å². The van der Waals surface area contributed by atoms with Crippen LogP contribution in [0, 0.1) is 0 Å². The predicted molar refractivity (Wildman–Crippen MR) is 115 cm³/mol. The van der Waals surface area contributed by atoms with Gasteiger partial charge in [-0.15, -0.1) is 0 Å². The number of esters is 1. The molecule has 3 rings (SSSR count). The summed E-state index contributed by atoms with van der Waals surface area (Å²) in [4.78, 5) is 37.8. The third-order valence-electron chi connectivity index (χ3n) is 4.00. The molecule has 0 bridgehead atoms. The van der Waals surface area contributed by atoms with Crippen molar-refractivity contribution < 1.29 is 28.6 Å². The molecule has 1 saturated heterocycles. The highest BCUT2D eigenvalue weighted by atomic mass is 35.5. The van der Waals surface area contributed by atoms with Crippen molar-refractivity contribution >= 4 is 52.2 Å². The quantitative estimate of drug-likeness (QED) is 0.455. The molecule has 156 valence electrons. The molecule has 1 aliphatic rings. The largest absolute Gasteiger partial charge is 0.490 e. The molecule has 2 aromatic rings. The number of methoxy groups -OCH3 is 1. The Kier molecular flexibility index (Phi) is 7.02. The minimum Gasteiger partial charge on any atom is -0.490 e. The molecular weight excluding hydrogens is 430 g/mol. The highest BCUT2D eigenvalue weighted by molar-refractivity contribution is 8.19. The summed E-state index contributed by atoms with van der Waals surface area (Å²) in [5.41, 5.74) is 1.05. The standard InChI is InChI=1S/C21H18ClNO6S/c1-3-28-17-9-13(7-8-16(17)29-12-19(24)27-2)10-18-20(25)23(21(26)30-18)15-6-4-5-14(22)11-15/h4-11H,3,12H2,1-2H3/b18-10-. The van der Waals surface area contributed by atoms with Gasteiger partial charge in [-0.1, -0.05) is 23.7 Å². The number of carbonyl (C=O) groups excluding carboxylic acids is 3. The molecular formula is C21H18ClNO6S. The molecule has 7 nitrogen and oxygen atoms in total. The lowest BCUT2D eigenvalue weighted by molar-refractivity contribution is -0.142. The van der Waals surface area contributed by atoms with Gasteiger partial charge in [0.1, 0.15) is 0 Å². The Morgan fingerprint density at radius 3 is 2.63 bits per heavy atom. The third kappa shape index (κ3) is 4.95. The maximum absolute atomic E-state index is 12.8. The van der Waals surface area contributed by atoms with Crippen molar-refractivity contribution in [2.75, 3.05) is 25.2 Å². The zero-order valence-electron chi connectivity index (χ0n) is 16.2. The molecule has 30 heavy (non-hydrogen) atoms. The second-order valence-corrected chi connectivity index (χ2v) is 7.43. The smallest absolute Gasteiger partial charge is 0.343 e. The molecule has 0 aliphatic carbocycles. The van der Waals surface area contributed by atoms with E-state index in [-0.39, 0.29) is 11.5 Å². The fraction of sp³-hybridized carbons (Fsp3) is 0.190. The van der Waals surface area contributed by atoms with Gasteiger partial charge in [0.15, 0.2) is 18.1 Å². The van der Waals surface area contributed by atoms with E-state index in [4.69, 9.17) is 21.1 Å². The normalized spacial score (nSPS) is 14.9. The summed E-state index contributed by atoms with van der Waals surface area (Å²) >= 11 is 6.82. The lowest BCUT2D eigenvalue weighted by Gasteiger charge is -2.13. The third-order valence-corrected chi connectivity index (χ3v) is 5.10. The molecule has 0 saturated carbocycles. The number of hydrogen-bond acceptors (Lipinski definition) is 7. The Balaban J connectivity index is 1.85. The van der Waals surface area contributed by atoms with Crippen LogP contribution >= 0.6 is 23.4 Å². The topological polar surface area (TPSA) is 82.1 Å². The first-order valence-corrected chi connectivity index (χ1v) is 10.1. The van der Waals surface area contributed by atoms with Gasteiger partial charge in [-0.25, -0.2) is 9.69 Å². The van der Waals surface area contributed by atoms with Gasteiger partial charge in [-0.3, -0.25) is 9.59 Å². The van der Waals surface area contributed by atoms with Gasteiger partial charge < -0.3 is 14.2 Å². The number of thioether (sulfide) groups is 1. The maximum Gasteiger partial charge on any atom is 0.343 e. The lowest BCUT2D eigenvalue weighted by Crippen LogP contribution is -2.27. The van der Waals surface area contributed by atoms with Crippen molar-refractivity contribution in [2.45, 2.75) is 6.92 Å². The van der Waals surface area contributed by atoms with E-state index < -0.39 is 17.1 Å². The number of hydrogen-bond donors (Lipinski definition) is 0. The van der Waals surface area contributed by atoms with Gasteiger partial charge in [0.05, 0.1) is 24.3 Å². The molecule has 0 aromatic heterocycles. The van der Waals surface area contributed by atoms with Crippen LogP contribution in [0.25, 0.3) is 6.08 Å². The maximum atomic E-state index is 12.8.